The van der Waals surface area contributed by atoms with Crippen LogP contribution in [0.25, 0.3) is 0 Å². The van der Waals surface area contributed by atoms with Crippen molar-refractivity contribution in [2.24, 2.45) is 17.3 Å². The maximum atomic E-state index is 12.6. The molecule has 2 bridgehead atoms. The molecule has 4 aliphatic carbocycles. The van der Waals surface area contributed by atoms with Crippen LogP contribution in [0.1, 0.15) is 57.8 Å². The summed E-state index contributed by atoms with van der Waals surface area (Å²) >= 11 is 0. The number of carboxylic acids is 1. The van der Waals surface area contributed by atoms with Gasteiger partial charge in [0, 0.05) is 31.5 Å². The Morgan fingerprint density at radius 2 is 1.87 bits per heavy atom. The van der Waals surface area contributed by atoms with Crippen molar-refractivity contribution in [3.8, 4) is 0 Å². The average Bonchev–Trinajstić information content (AvgIpc) is 3.35. The van der Waals surface area contributed by atoms with E-state index >= 15 is 0 Å². The SMILES string of the molecule is O=C(O)C1CC(O)CC(OC23CC4CC5CC(NCC(=O)N6CCCC6)(C2)C45C3)O1. The third kappa shape index (κ3) is 2.54. The first-order chi connectivity index (χ1) is 14.3. The molecule has 8 atom stereocenters. The van der Waals surface area contributed by atoms with E-state index in [-0.39, 0.29) is 28.9 Å². The van der Waals surface area contributed by atoms with E-state index in [0.717, 1.165) is 57.5 Å². The number of amides is 1. The number of rotatable bonds is 6. The Labute approximate surface area is 176 Å². The fourth-order valence-electron chi connectivity index (χ4n) is 8.29. The molecule has 4 saturated carbocycles. The number of carboxylic acid groups (broad SMARTS) is 1. The molecule has 2 aliphatic heterocycles. The number of nitrogens with one attached hydrogen (secondary N) is 1. The predicted molar refractivity (Wildman–Crippen MR) is 104 cm³/mol. The fourth-order valence-corrected chi connectivity index (χ4v) is 8.29. The minimum absolute atomic E-state index is 0.0340. The normalized spacial score (nSPS) is 50.7. The topological polar surface area (TPSA) is 108 Å². The number of hydrogen-bond donors (Lipinski definition) is 3. The van der Waals surface area contributed by atoms with Crippen molar-refractivity contribution >= 4 is 11.9 Å². The molecule has 166 valence electrons. The molecular formula is C22H32N2O6. The van der Waals surface area contributed by atoms with Crippen LogP contribution in [-0.4, -0.2) is 76.3 Å². The summed E-state index contributed by atoms with van der Waals surface area (Å²) in [6.07, 6.45) is 5.39. The smallest absolute Gasteiger partial charge is 0.333 e. The number of nitrogens with zero attached hydrogens (tertiary/aromatic N) is 1. The minimum atomic E-state index is -1.05. The molecule has 0 aromatic heterocycles. The Morgan fingerprint density at radius 1 is 1.10 bits per heavy atom. The van der Waals surface area contributed by atoms with Gasteiger partial charge in [0.05, 0.1) is 18.2 Å². The molecule has 1 spiro atoms. The van der Waals surface area contributed by atoms with Crippen molar-refractivity contribution in [3.63, 3.8) is 0 Å². The molecule has 0 aromatic carbocycles. The Bertz CT molecular complexity index is 771. The molecule has 0 radical (unpaired) electrons. The molecule has 8 heteroatoms. The summed E-state index contributed by atoms with van der Waals surface area (Å²) in [6.45, 7) is 2.16. The number of likely N-dealkylation sites (tertiary alicyclic amines) is 1. The lowest BCUT2D eigenvalue weighted by molar-refractivity contribution is -0.267. The van der Waals surface area contributed by atoms with Crippen molar-refractivity contribution in [1.82, 2.24) is 10.2 Å². The zero-order valence-corrected chi connectivity index (χ0v) is 17.3. The number of aliphatic carboxylic acids is 1. The second-order valence-electron chi connectivity index (χ2n) is 10.8. The highest BCUT2D eigenvalue weighted by atomic mass is 16.7. The third-order valence-electron chi connectivity index (χ3n) is 9.33. The van der Waals surface area contributed by atoms with Gasteiger partial charge >= 0.3 is 5.97 Å². The van der Waals surface area contributed by atoms with Crippen molar-refractivity contribution in [1.29, 1.82) is 0 Å². The average molecular weight is 421 g/mol. The molecule has 2 saturated heterocycles. The van der Waals surface area contributed by atoms with Crippen molar-refractivity contribution in [2.75, 3.05) is 19.6 Å². The van der Waals surface area contributed by atoms with E-state index in [2.05, 4.69) is 5.32 Å². The van der Waals surface area contributed by atoms with Crippen LogP contribution < -0.4 is 5.32 Å². The van der Waals surface area contributed by atoms with Gasteiger partial charge in [-0.3, -0.25) is 4.79 Å². The van der Waals surface area contributed by atoms with Crippen LogP contribution >= 0.6 is 0 Å². The summed E-state index contributed by atoms with van der Waals surface area (Å²) in [6, 6.07) is 0. The van der Waals surface area contributed by atoms with E-state index in [4.69, 9.17) is 9.47 Å². The first-order valence-corrected chi connectivity index (χ1v) is 11.6. The Hall–Kier alpha value is -1.22. The Morgan fingerprint density at radius 3 is 2.60 bits per heavy atom. The van der Waals surface area contributed by atoms with Crippen LogP contribution in [0.3, 0.4) is 0 Å². The molecule has 30 heavy (non-hydrogen) atoms. The van der Waals surface area contributed by atoms with E-state index in [1.807, 2.05) is 4.90 Å². The number of hydrogen-bond acceptors (Lipinski definition) is 6. The fraction of sp³-hybridized carbons (Fsp3) is 0.909. The summed E-state index contributed by atoms with van der Waals surface area (Å²) in [7, 11) is 0. The maximum Gasteiger partial charge on any atom is 0.333 e. The Balaban J connectivity index is 1.16. The zero-order valence-electron chi connectivity index (χ0n) is 17.3. The first kappa shape index (κ1) is 19.5. The second kappa shape index (κ2) is 6.40. The summed E-state index contributed by atoms with van der Waals surface area (Å²) in [5.41, 5.74) is -0.129. The lowest BCUT2D eigenvalue weighted by atomic mass is 9.35. The third-order valence-corrected chi connectivity index (χ3v) is 9.33. The van der Waals surface area contributed by atoms with Crippen LogP contribution in [0.5, 0.6) is 0 Å². The standard InChI is InChI=1S/C22H32N2O6/c25-15-6-16(19(27)28)29-18(7-15)30-20-8-13-5-14-9-21(11-20,22(13,14)12-20)23-10-17(26)24-3-1-2-4-24/h13-16,18,23,25H,1-12H2,(H,27,28). The van der Waals surface area contributed by atoms with Crippen LogP contribution in [0.4, 0.5) is 0 Å². The Kier molecular flexibility index (Phi) is 4.15. The van der Waals surface area contributed by atoms with Crippen molar-refractivity contribution in [2.45, 2.75) is 87.4 Å². The largest absolute Gasteiger partial charge is 0.479 e. The number of ether oxygens (including phenoxy) is 2. The summed E-state index contributed by atoms with van der Waals surface area (Å²) in [5.74, 6) is 0.492. The van der Waals surface area contributed by atoms with Gasteiger partial charge in [-0.05, 0) is 62.2 Å². The molecule has 8 nitrogen and oxygen atoms in total. The number of aliphatic hydroxyl groups excluding tert-OH is 1. The van der Waals surface area contributed by atoms with E-state index in [0.29, 0.717) is 18.9 Å². The maximum absolute atomic E-state index is 12.6. The summed E-state index contributed by atoms with van der Waals surface area (Å²) < 4.78 is 12.2. The molecule has 0 aromatic rings. The van der Waals surface area contributed by atoms with Crippen molar-refractivity contribution < 1.29 is 29.3 Å². The summed E-state index contributed by atoms with van der Waals surface area (Å²) in [4.78, 5) is 26.0. The van der Waals surface area contributed by atoms with Crippen LogP contribution in [0.15, 0.2) is 0 Å². The molecule has 6 aliphatic rings. The molecule has 6 fully saturated rings. The lowest BCUT2D eigenvalue weighted by Gasteiger charge is -2.73. The monoisotopic (exact) mass is 420 g/mol. The van der Waals surface area contributed by atoms with Gasteiger partial charge in [0.15, 0.2) is 12.4 Å². The van der Waals surface area contributed by atoms with Gasteiger partial charge in [0.2, 0.25) is 5.91 Å². The van der Waals surface area contributed by atoms with Crippen molar-refractivity contribution in [3.05, 3.63) is 0 Å². The van der Waals surface area contributed by atoms with Crippen LogP contribution in [0.2, 0.25) is 0 Å². The molecule has 1 amide bonds. The van der Waals surface area contributed by atoms with Gasteiger partial charge in [0.25, 0.3) is 0 Å². The van der Waals surface area contributed by atoms with Crippen LogP contribution in [-0.2, 0) is 19.1 Å². The number of aliphatic hydroxyl groups is 1. The van der Waals surface area contributed by atoms with Gasteiger partial charge in [-0.1, -0.05) is 0 Å². The lowest BCUT2D eigenvalue weighted by Crippen LogP contribution is -2.77. The second-order valence-corrected chi connectivity index (χ2v) is 10.8. The highest BCUT2D eigenvalue weighted by Gasteiger charge is 2.84. The molecule has 6 rings (SSSR count). The van der Waals surface area contributed by atoms with E-state index in [1.165, 1.54) is 6.42 Å². The first-order valence-electron chi connectivity index (χ1n) is 11.6. The van der Waals surface area contributed by atoms with Gasteiger partial charge < -0.3 is 29.9 Å². The van der Waals surface area contributed by atoms with Gasteiger partial charge in [-0.25, -0.2) is 4.79 Å². The quantitative estimate of drug-likeness (QED) is 0.585. The molecular weight excluding hydrogens is 388 g/mol. The number of fused-ring (bicyclic) bond motifs is 1. The summed E-state index contributed by atoms with van der Waals surface area (Å²) in [5, 5.41) is 23.2. The van der Waals surface area contributed by atoms with E-state index < -0.39 is 24.5 Å². The van der Waals surface area contributed by atoms with Crippen LogP contribution in [0, 0.1) is 17.3 Å². The highest BCUT2D eigenvalue weighted by molar-refractivity contribution is 5.78. The molecule has 8 unspecified atom stereocenters. The van der Waals surface area contributed by atoms with Gasteiger partial charge in [-0.2, -0.15) is 0 Å². The predicted octanol–water partition coefficient (Wildman–Crippen LogP) is 0.867. The van der Waals surface area contributed by atoms with Gasteiger partial charge in [-0.15, -0.1) is 0 Å². The van der Waals surface area contributed by atoms with E-state index in [9.17, 15) is 19.8 Å². The minimum Gasteiger partial charge on any atom is -0.479 e. The van der Waals surface area contributed by atoms with Gasteiger partial charge in [0.1, 0.15) is 0 Å². The van der Waals surface area contributed by atoms with E-state index in [1.54, 1.807) is 0 Å². The highest BCUT2D eigenvalue weighted by Crippen LogP contribution is 2.84. The zero-order chi connectivity index (χ0) is 20.7. The number of carbonyl (C=O) groups excluding carboxylic acids is 1. The molecule has 2 heterocycles. The number of carbonyl (C=O) groups is 2. The molecule has 3 N–H and O–H groups in total.